The van der Waals surface area contributed by atoms with Crippen molar-refractivity contribution in [2.45, 2.75) is 71.1 Å². The second kappa shape index (κ2) is 9.37. The largest absolute Gasteiger partial charge is 0.457 e. The number of rotatable bonds is 6. The minimum absolute atomic E-state index is 0.0743. The summed E-state index contributed by atoms with van der Waals surface area (Å²) >= 11 is 1.63. The lowest BCUT2D eigenvalue weighted by molar-refractivity contribution is -0.114. The summed E-state index contributed by atoms with van der Waals surface area (Å²) in [5.74, 6) is -1.27. The molecule has 0 atom stereocenters. The van der Waals surface area contributed by atoms with Crippen LogP contribution in [-0.4, -0.2) is 41.9 Å². The number of aryl methyl sites for hydroxylation is 1. The highest BCUT2D eigenvalue weighted by molar-refractivity contribution is 7.18. The molecule has 2 aliphatic rings. The van der Waals surface area contributed by atoms with E-state index < -0.39 is 17.1 Å². The molecule has 0 saturated heterocycles. The van der Waals surface area contributed by atoms with Crippen LogP contribution < -0.4 is 4.74 Å². The monoisotopic (exact) mass is 587 g/mol. The van der Waals surface area contributed by atoms with Crippen LogP contribution in [0.5, 0.6) is 11.5 Å². The fraction of sp³-hybridized carbons (Fsp3) is 0.375. The minimum atomic E-state index is -2.55. The van der Waals surface area contributed by atoms with Crippen LogP contribution in [0.4, 0.5) is 8.78 Å². The first-order valence-electron chi connectivity index (χ1n) is 14.0. The zero-order chi connectivity index (χ0) is 29.4. The second-order valence-electron chi connectivity index (χ2n) is 12.4. The highest BCUT2D eigenvalue weighted by atomic mass is 32.1. The van der Waals surface area contributed by atoms with Gasteiger partial charge in [-0.3, -0.25) is 9.67 Å². The van der Waals surface area contributed by atoms with Crippen LogP contribution in [0.2, 0.25) is 0 Å². The quantitative estimate of drug-likeness (QED) is 0.199. The molecule has 7 rings (SSSR count). The van der Waals surface area contributed by atoms with Crippen molar-refractivity contribution >= 4 is 38.2 Å². The van der Waals surface area contributed by atoms with Crippen molar-refractivity contribution in [3.8, 4) is 22.8 Å². The molecule has 4 heterocycles. The normalized spacial score (nSPS) is 19.3. The van der Waals surface area contributed by atoms with Crippen molar-refractivity contribution in [2.75, 3.05) is 0 Å². The maximum atomic E-state index is 13.3. The summed E-state index contributed by atoms with van der Waals surface area (Å²) in [5, 5.41) is 5.43. The van der Waals surface area contributed by atoms with Gasteiger partial charge in [-0.05, 0) is 76.5 Å². The van der Waals surface area contributed by atoms with Gasteiger partial charge >= 0.3 is 0 Å². The van der Waals surface area contributed by atoms with Crippen molar-refractivity contribution < 1.29 is 18.3 Å². The topological polar surface area (TPSA) is 75.0 Å². The van der Waals surface area contributed by atoms with Gasteiger partial charge in [0.15, 0.2) is 0 Å². The number of benzene rings is 2. The molecule has 0 amide bonds. The smallest absolute Gasteiger partial charge is 0.248 e. The molecule has 1 aliphatic carbocycles. The third kappa shape index (κ3) is 4.96. The van der Waals surface area contributed by atoms with Gasteiger partial charge in [-0.2, -0.15) is 5.10 Å². The van der Waals surface area contributed by atoms with Crippen LogP contribution in [-0.2, 0) is 11.3 Å². The van der Waals surface area contributed by atoms with Crippen molar-refractivity contribution in [1.29, 1.82) is 0 Å². The van der Waals surface area contributed by atoms with Gasteiger partial charge in [0, 0.05) is 37.2 Å². The number of halogens is 2. The van der Waals surface area contributed by atoms with Crippen LogP contribution in [0.25, 0.3) is 38.1 Å². The lowest BCUT2D eigenvalue weighted by Crippen LogP contribution is -2.37. The Balaban J connectivity index is 1.32. The highest BCUT2D eigenvalue weighted by Crippen LogP contribution is 2.48. The summed E-state index contributed by atoms with van der Waals surface area (Å²) in [5.41, 5.74) is 4.47. The zero-order valence-electron chi connectivity index (χ0n) is 24.1. The maximum Gasteiger partial charge on any atom is 0.248 e. The molecular weight excluding hydrogens is 556 g/mol. The molecule has 1 aliphatic heterocycles. The predicted molar refractivity (Wildman–Crippen MR) is 160 cm³/mol. The summed E-state index contributed by atoms with van der Waals surface area (Å²) in [6.45, 7) is 10.6. The lowest BCUT2D eigenvalue weighted by Gasteiger charge is -2.34. The van der Waals surface area contributed by atoms with E-state index in [2.05, 4.69) is 16.2 Å². The Bertz CT molecular complexity index is 1880. The molecule has 2 aromatic carbocycles. The minimum Gasteiger partial charge on any atom is -0.457 e. The van der Waals surface area contributed by atoms with E-state index in [9.17, 15) is 8.78 Å². The zero-order valence-corrected chi connectivity index (χ0v) is 24.9. The van der Waals surface area contributed by atoms with Gasteiger partial charge in [0.2, 0.25) is 5.92 Å². The van der Waals surface area contributed by atoms with Crippen LogP contribution in [0.1, 0.15) is 51.1 Å². The average molecular weight is 588 g/mol. The van der Waals surface area contributed by atoms with Crippen molar-refractivity contribution in [3.63, 3.8) is 0 Å². The van der Waals surface area contributed by atoms with Crippen LogP contribution in [0.15, 0.2) is 55.0 Å². The first-order chi connectivity index (χ1) is 19.8. The summed E-state index contributed by atoms with van der Waals surface area (Å²) in [6.07, 6.45) is 7.23. The number of hydrogen-bond donors (Lipinski definition) is 0. The number of fused-ring (bicyclic) bond motifs is 2. The molecule has 0 bridgehead atoms. The van der Waals surface area contributed by atoms with Crippen LogP contribution in [0.3, 0.4) is 0 Å². The highest BCUT2D eigenvalue weighted by Gasteiger charge is 2.45. The summed E-state index contributed by atoms with van der Waals surface area (Å²) in [4.78, 5) is 14.4. The standard InChI is InChI=1S/C32H31F2N5O2S/c1-18-37-23-7-6-21(10-27(23)42-18)40-26-9-8-24-29(28(26)22-13-30(2,3)41-31(22,4)5)38-25(15-35-24)20-14-36-39(17-20)16-19-11-32(33,34)12-19/h6-10,13-15,17,19H,11-12,16H2,1-5H3. The van der Waals surface area contributed by atoms with E-state index in [1.807, 2.05) is 71.1 Å². The Labute approximate surface area is 246 Å². The van der Waals surface area contributed by atoms with Gasteiger partial charge in [0.25, 0.3) is 0 Å². The molecule has 3 aromatic heterocycles. The van der Waals surface area contributed by atoms with E-state index in [-0.39, 0.29) is 18.8 Å². The van der Waals surface area contributed by atoms with Crippen molar-refractivity contribution in [1.82, 2.24) is 24.7 Å². The molecule has 10 heteroatoms. The molecule has 216 valence electrons. The van der Waals surface area contributed by atoms with Gasteiger partial charge < -0.3 is 9.47 Å². The fourth-order valence-corrected chi connectivity index (χ4v) is 7.02. The molecule has 0 N–H and O–H groups in total. The molecule has 0 spiro atoms. The third-order valence-corrected chi connectivity index (χ3v) is 8.78. The van der Waals surface area contributed by atoms with Gasteiger partial charge in [-0.25, -0.2) is 18.7 Å². The number of thiazole rings is 1. The van der Waals surface area contributed by atoms with E-state index in [1.54, 1.807) is 28.4 Å². The maximum absolute atomic E-state index is 13.3. The van der Waals surface area contributed by atoms with E-state index in [4.69, 9.17) is 19.4 Å². The van der Waals surface area contributed by atoms with Gasteiger partial charge in [0.05, 0.1) is 55.6 Å². The molecule has 7 nitrogen and oxygen atoms in total. The first kappa shape index (κ1) is 27.1. The molecule has 5 aromatic rings. The molecule has 42 heavy (non-hydrogen) atoms. The average Bonchev–Trinajstić information content (AvgIpc) is 3.56. The number of alkyl halides is 2. The van der Waals surface area contributed by atoms with Gasteiger partial charge in [-0.15, -0.1) is 11.3 Å². The lowest BCUT2D eigenvalue weighted by atomic mass is 9.81. The second-order valence-corrected chi connectivity index (χ2v) is 13.6. The molecular formula is C32H31F2N5O2S. The Kier molecular flexibility index (Phi) is 6.05. The molecule has 1 saturated carbocycles. The van der Waals surface area contributed by atoms with E-state index in [1.165, 1.54) is 0 Å². The molecule has 1 fully saturated rings. The van der Waals surface area contributed by atoms with E-state index >= 15 is 0 Å². The van der Waals surface area contributed by atoms with Gasteiger partial charge in [0.1, 0.15) is 17.0 Å². The SMILES string of the molecule is Cc1nc2ccc(Oc3ccc4ncc(-c5cnn(CC6CC(F)(F)C6)c5)nc4c3C3=CC(C)(C)OC3(C)C)cc2s1. The fourth-order valence-electron chi connectivity index (χ4n) is 6.16. The Morgan fingerprint density at radius 2 is 1.83 bits per heavy atom. The summed E-state index contributed by atoms with van der Waals surface area (Å²) < 4.78 is 42.5. The van der Waals surface area contributed by atoms with Crippen LogP contribution in [0, 0.1) is 12.8 Å². The molecule has 0 radical (unpaired) electrons. The predicted octanol–water partition coefficient (Wildman–Crippen LogP) is 8.22. The Morgan fingerprint density at radius 1 is 1.05 bits per heavy atom. The molecule has 0 unspecified atom stereocenters. The van der Waals surface area contributed by atoms with Crippen molar-refractivity contribution in [2.24, 2.45) is 5.92 Å². The number of hydrogen-bond acceptors (Lipinski definition) is 7. The number of ether oxygens (including phenoxy) is 2. The first-order valence-corrected chi connectivity index (χ1v) is 14.9. The Hall–Kier alpha value is -3.76. The Morgan fingerprint density at radius 3 is 2.57 bits per heavy atom. The van der Waals surface area contributed by atoms with E-state index in [0.29, 0.717) is 29.3 Å². The van der Waals surface area contributed by atoms with Crippen LogP contribution >= 0.6 is 11.3 Å². The van der Waals surface area contributed by atoms with E-state index in [0.717, 1.165) is 37.4 Å². The number of nitrogens with zero attached hydrogens (tertiary/aromatic N) is 5. The third-order valence-electron chi connectivity index (χ3n) is 7.85. The summed E-state index contributed by atoms with van der Waals surface area (Å²) in [7, 11) is 0. The van der Waals surface area contributed by atoms with Crippen molar-refractivity contribution in [3.05, 3.63) is 65.6 Å². The summed E-state index contributed by atoms with van der Waals surface area (Å²) in [6, 6.07) is 9.76. The number of aromatic nitrogens is 5. The van der Waals surface area contributed by atoms with Gasteiger partial charge in [-0.1, -0.05) is 0 Å².